The van der Waals surface area contributed by atoms with Gasteiger partial charge in [-0.1, -0.05) is 58.8 Å². The molecule has 0 aromatic heterocycles. The smallest absolute Gasteiger partial charge is 0.218 e. The quantitative estimate of drug-likeness (QED) is 0.349. The van der Waals surface area contributed by atoms with Crippen LogP contribution >= 0.6 is 0 Å². The van der Waals surface area contributed by atoms with E-state index < -0.39 is 0 Å². The van der Waals surface area contributed by atoms with Crippen molar-refractivity contribution < 1.29 is 0 Å². The second-order valence-corrected chi connectivity index (χ2v) is 5.61. The van der Waals surface area contributed by atoms with Gasteiger partial charge in [0.05, 0.1) is 0 Å². The first-order valence-corrected chi connectivity index (χ1v) is 8.47. The molecule has 0 radical (unpaired) electrons. The number of aliphatic imine (C=N–C) groups is 2. The summed E-state index contributed by atoms with van der Waals surface area (Å²) in [7, 11) is 1.91. The molecule has 0 heterocycles. The van der Waals surface area contributed by atoms with E-state index in [1.165, 1.54) is 44.9 Å². The Labute approximate surface area is 130 Å². The number of hydrogen-bond donors (Lipinski definition) is 2. The minimum atomic E-state index is 0.290. The molecule has 0 atom stereocenters. The van der Waals surface area contributed by atoms with Crippen LogP contribution in [-0.4, -0.2) is 37.0 Å². The number of rotatable bonds is 11. The number of nitrogens with zero attached hydrogens (tertiary/aromatic N) is 3. The number of unbranched alkanes of at least 4 members (excludes halogenated alkanes) is 7. The van der Waals surface area contributed by atoms with Crippen molar-refractivity contribution in [1.82, 2.24) is 4.90 Å². The topological polar surface area (TPSA) is 80.0 Å². The second kappa shape index (κ2) is 13.7. The van der Waals surface area contributed by atoms with Gasteiger partial charge < -0.3 is 16.4 Å². The fourth-order valence-electron chi connectivity index (χ4n) is 2.13. The summed E-state index contributed by atoms with van der Waals surface area (Å²) >= 11 is 0. The Morgan fingerprint density at radius 3 is 2.00 bits per heavy atom. The summed E-state index contributed by atoms with van der Waals surface area (Å²) in [6, 6.07) is 0. The van der Waals surface area contributed by atoms with Crippen molar-refractivity contribution in [3.63, 3.8) is 0 Å². The van der Waals surface area contributed by atoms with Crippen LogP contribution in [0.4, 0.5) is 0 Å². The largest absolute Gasteiger partial charge is 0.369 e. The highest BCUT2D eigenvalue weighted by atomic mass is 15.3. The molecule has 0 saturated heterocycles. The first-order valence-electron chi connectivity index (χ1n) is 8.47. The van der Waals surface area contributed by atoms with Gasteiger partial charge in [0.25, 0.3) is 0 Å². The number of guanidine groups is 2. The lowest BCUT2D eigenvalue weighted by molar-refractivity contribution is 0.496. The maximum Gasteiger partial charge on any atom is 0.218 e. The molecular weight excluding hydrogens is 262 g/mol. The van der Waals surface area contributed by atoms with E-state index in [4.69, 9.17) is 11.5 Å². The number of nitrogens with two attached hydrogens (primary N) is 2. The zero-order valence-corrected chi connectivity index (χ0v) is 14.3. The lowest BCUT2D eigenvalue weighted by Gasteiger charge is -2.16. The first-order chi connectivity index (χ1) is 10.1. The van der Waals surface area contributed by atoms with Crippen molar-refractivity contribution in [1.29, 1.82) is 0 Å². The zero-order chi connectivity index (χ0) is 15.9. The molecule has 0 aromatic carbocycles. The summed E-state index contributed by atoms with van der Waals surface area (Å²) < 4.78 is 0. The maximum atomic E-state index is 5.83. The van der Waals surface area contributed by atoms with Crippen LogP contribution in [0.3, 0.4) is 0 Å². The molecule has 124 valence electrons. The van der Waals surface area contributed by atoms with E-state index >= 15 is 0 Å². The summed E-state index contributed by atoms with van der Waals surface area (Å²) in [5, 5.41) is 0. The Bertz CT molecular complexity index is 299. The molecule has 0 amide bonds. The van der Waals surface area contributed by atoms with E-state index in [2.05, 4.69) is 23.8 Å². The minimum Gasteiger partial charge on any atom is -0.369 e. The molecule has 0 aliphatic heterocycles. The molecule has 4 N–H and O–H groups in total. The SMILES string of the molecule is CCCCCCCCCCN=C(N)N=C(N)N(C)CCC. The predicted molar refractivity (Wildman–Crippen MR) is 93.6 cm³/mol. The van der Waals surface area contributed by atoms with Gasteiger partial charge in [-0.05, 0) is 12.8 Å². The first kappa shape index (κ1) is 19.7. The van der Waals surface area contributed by atoms with Crippen molar-refractivity contribution >= 4 is 11.9 Å². The van der Waals surface area contributed by atoms with Crippen LogP contribution in [-0.2, 0) is 0 Å². The molecule has 0 aromatic rings. The highest BCUT2D eigenvalue weighted by Crippen LogP contribution is 2.08. The van der Waals surface area contributed by atoms with Crippen LogP contribution in [0.1, 0.15) is 71.6 Å². The number of hydrogen-bond acceptors (Lipinski definition) is 1. The molecular formula is C16H35N5. The van der Waals surface area contributed by atoms with Crippen molar-refractivity contribution in [3.05, 3.63) is 0 Å². The maximum absolute atomic E-state index is 5.83. The average molecular weight is 297 g/mol. The van der Waals surface area contributed by atoms with Crippen LogP contribution in [0.25, 0.3) is 0 Å². The van der Waals surface area contributed by atoms with Crippen LogP contribution in [0.5, 0.6) is 0 Å². The Kier molecular flexibility index (Phi) is 12.9. The molecule has 0 rings (SSSR count). The third-order valence-corrected chi connectivity index (χ3v) is 3.46. The molecule has 21 heavy (non-hydrogen) atoms. The van der Waals surface area contributed by atoms with E-state index in [9.17, 15) is 0 Å². The zero-order valence-electron chi connectivity index (χ0n) is 14.3. The molecule has 0 unspecified atom stereocenters. The molecule has 0 aliphatic rings. The third kappa shape index (κ3) is 12.2. The summed E-state index contributed by atoms with van der Waals surface area (Å²) in [5.41, 5.74) is 11.6. The Balaban J connectivity index is 3.70. The van der Waals surface area contributed by atoms with Crippen molar-refractivity contribution in [2.45, 2.75) is 71.6 Å². The highest BCUT2D eigenvalue weighted by Gasteiger charge is 2.00. The van der Waals surface area contributed by atoms with Crippen LogP contribution < -0.4 is 11.5 Å². The van der Waals surface area contributed by atoms with E-state index in [-0.39, 0.29) is 0 Å². The van der Waals surface area contributed by atoms with Gasteiger partial charge >= 0.3 is 0 Å². The van der Waals surface area contributed by atoms with Crippen molar-refractivity contribution in [3.8, 4) is 0 Å². The second-order valence-electron chi connectivity index (χ2n) is 5.61. The van der Waals surface area contributed by atoms with Gasteiger partial charge in [0.15, 0.2) is 5.96 Å². The standard InChI is InChI=1S/C16H35N5/c1-4-6-7-8-9-10-11-12-13-19-15(17)20-16(18)21(3)14-5-2/h4-14H2,1-3H3,(H4,17,18,19,20). The fraction of sp³-hybridized carbons (Fsp3) is 0.875. The van der Waals surface area contributed by atoms with Gasteiger partial charge in [-0.3, -0.25) is 4.99 Å². The lowest BCUT2D eigenvalue weighted by atomic mass is 10.1. The van der Waals surface area contributed by atoms with Gasteiger partial charge in [-0.15, -0.1) is 0 Å². The van der Waals surface area contributed by atoms with E-state index in [1.54, 1.807) is 0 Å². The van der Waals surface area contributed by atoms with Crippen molar-refractivity contribution in [2.75, 3.05) is 20.1 Å². The summed E-state index contributed by atoms with van der Waals surface area (Å²) in [5.74, 6) is 0.729. The molecule has 0 saturated carbocycles. The molecule has 0 bridgehead atoms. The van der Waals surface area contributed by atoms with Crippen LogP contribution in [0.15, 0.2) is 9.98 Å². The molecule has 0 aliphatic carbocycles. The Morgan fingerprint density at radius 1 is 0.857 bits per heavy atom. The molecule has 5 heteroatoms. The molecule has 5 nitrogen and oxygen atoms in total. The van der Waals surface area contributed by atoms with E-state index in [1.807, 2.05) is 11.9 Å². The Hall–Kier alpha value is -1.26. The normalized spacial score (nSPS) is 12.7. The average Bonchev–Trinajstić information content (AvgIpc) is 2.45. The van der Waals surface area contributed by atoms with Gasteiger partial charge in [0.1, 0.15) is 0 Å². The van der Waals surface area contributed by atoms with Gasteiger partial charge in [0, 0.05) is 20.1 Å². The predicted octanol–water partition coefficient (Wildman–Crippen LogP) is 3.10. The summed E-state index contributed by atoms with van der Waals surface area (Å²) in [4.78, 5) is 10.3. The highest BCUT2D eigenvalue weighted by molar-refractivity contribution is 5.93. The van der Waals surface area contributed by atoms with E-state index in [0.717, 1.165) is 25.9 Å². The van der Waals surface area contributed by atoms with Gasteiger partial charge in [0.2, 0.25) is 5.96 Å². The monoisotopic (exact) mass is 297 g/mol. The molecule has 0 spiro atoms. The van der Waals surface area contributed by atoms with Crippen molar-refractivity contribution in [2.24, 2.45) is 21.5 Å². The summed E-state index contributed by atoms with van der Waals surface area (Å²) in [6.45, 7) is 5.97. The minimum absolute atomic E-state index is 0.290. The van der Waals surface area contributed by atoms with Crippen LogP contribution in [0, 0.1) is 0 Å². The lowest BCUT2D eigenvalue weighted by Crippen LogP contribution is -2.36. The van der Waals surface area contributed by atoms with Gasteiger partial charge in [-0.25, -0.2) is 0 Å². The Morgan fingerprint density at radius 2 is 1.43 bits per heavy atom. The third-order valence-electron chi connectivity index (χ3n) is 3.46. The van der Waals surface area contributed by atoms with E-state index in [0.29, 0.717) is 11.9 Å². The fourth-order valence-corrected chi connectivity index (χ4v) is 2.13. The molecule has 0 fully saturated rings. The van der Waals surface area contributed by atoms with Gasteiger partial charge in [-0.2, -0.15) is 4.99 Å². The summed E-state index contributed by atoms with van der Waals surface area (Å²) in [6.07, 6.45) is 11.4. The van der Waals surface area contributed by atoms with Crippen LogP contribution in [0.2, 0.25) is 0 Å².